The van der Waals surface area contributed by atoms with E-state index in [0.29, 0.717) is 0 Å². The van der Waals surface area contributed by atoms with Gasteiger partial charge in [-0.25, -0.2) is 8.78 Å². The Morgan fingerprint density at radius 1 is 1.07 bits per heavy atom. The van der Waals surface area contributed by atoms with E-state index in [0.717, 1.165) is 0 Å². The molecule has 0 heterocycles. The summed E-state index contributed by atoms with van der Waals surface area (Å²) in [5.41, 5.74) is 0. The first-order valence-electron chi connectivity index (χ1n) is 4.11. The molecule has 0 unspecified atom stereocenters. The molecule has 0 aliphatic heterocycles. The first-order valence-corrected chi connectivity index (χ1v) is 4.11. The number of halogens is 2. The first-order chi connectivity index (χ1) is 6.60. The normalized spacial score (nSPS) is 12.4. The molecule has 14 heavy (non-hydrogen) atoms. The van der Waals surface area contributed by atoms with E-state index in [4.69, 9.17) is 14.2 Å². The van der Waals surface area contributed by atoms with E-state index in [9.17, 15) is 8.78 Å². The van der Waals surface area contributed by atoms with Gasteiger partial charge in [-0.3, -0.25) is 0 Å². The van der Waals surface area contributed by atoms with Gasteiger partial charge in [0.2, 0.25) is 0 Å². The van der Waals surface area contributed by atoms with E-state index >= 15 is 0 Å². The van der Waals surface area contributed by atoms with Crippen LogP contribution in [0.4, 0.5) is 8.78 Å². The van der Waals surface area contributed by atoms with Crippen LogP contribution in [0.5, 0.6) is 0 Å². The molecule has 4 nitrogen and oxygen atoms in total. The average Bonchev–Trinajstić information content (AvgIpc) is 2.19. The van der Waals surface area contributed by atoms with Crippen molar-refractivity contribution in [2.75, 3.05) is 34.5 Å². The van der Waals surface area contributed by atoms with Gasteiger partial charge in [0.15, 0.2) is 0 Å². The zero-order valence-corrected chi connectivity index (χ0v) is 8.59. The highest BCUT2D eigenvalue weighted by Crippen LogP contribution is 2.16. The fourth-order valence-corrected chi connectivity index (χ4v) is 0.926. The summed E-state index contributed by atoms with van der Waals surface area (Å²) in [6.45, 7) is -0.507. The molecule has 0 N–H and O–H groups in total. The highest BCUT2D eigenvalue weighted by Gasteiger charge is 2.29. The lowest BCUT2D eigenvalue weighted by Gasteiger charge is -2.28. The summed E-state index contributed by atoms with van der Waals surface area (Å²) >= 11 is 0. The molecule has 0 aliphatic rings. The Hall–Kier alpha value is -0.300. The van der Waals surface area contributed by atoms with Gasteiger partial charge in [-0.05, 0) is 0 Å². The maximum absolute atomic E-state index is 11.7. The Balaban J connectivity index is 3.71. The third-order valence-electron chi connectivity index (χ3n) is 1.73. The van der Waals surface area contributed by atoms with Crippen molar-refractivity contribution in [2.45, 2.75) is 18.8 Å². The minimum Gasteiger partial charge on any atom is -0.375 e. The van der Waals surface area contributed by atoms with Crippen LogP contribution < -0.4 is 0 Å². The Kier molecular flexibility index (Phi) is 6.90. The number of hydrogen-bond acceptors (Lipinski definition) is 4. The molecular formula is C8H16F2O4. The smallest absolute Gasteiger partial charge is 0.284 e. The summed E-state index contributed by atoms with van der Waals surface area (Å²) in [6, 6.07) is 0. The quantitative estimate of drug-likeness (QED) is 0.450. The largest absolute Gasteiger partial charge is 0.375 e. The summed E-state index contributed by atoms with van der Waals surface area (Å²) in [4.78, 5) is 0. The third kappa shape index (κ3) is 4.80. The molecule has 6 heteroatoms. The van der Waals surface area contributed by atoms with Crippen molar-refractivity contribution in [3.05, 3.63) is 0 Å². The molecule has 0 saturated heterocycles. The second kappa shape index (κ2) is 7.05. The Morgan fingerprint density at radius 3 is 1.93 bits per heavy atom. The lowest BCUT2D eigenvalue weighted by molar-refractivity contribution is -0.357. The topological polar surface area (TPSA) is 36.9 Å². The van der Waals surface area contributed by atoms with E-state index in [1.807, 2.05) is 0 Å². The SMILES string of the molecule is COC(CCOCC(F)F)(OC)OC. The van der Waals surface area contributed by atoms with Crippen LogP contribution in [0.2, 0.25) is 0 Å². The van der Waals surface area contributed by atoms with Crippen molar-refractivity contribution in [3.63, 3.8) is 0 Å². The number of methoxy groups -OCH3 is 3. The van der Waals surface area contributed by atoms with Gasteiger partial charge in [0.1, 0.15) is 6.61 Å². The summed E-state index contributed by atoms with van der Waals surface area (Å²) < 4.78 is 42.8. The number of ether oxygens (including phenoxy) is 4. The van der Waals surface area contributed by atoms with Crippen molar-refractivity contribution in [1.82, 2.24) is 0 Å². The molecule has 0 aromatic carbocycles. The van der Waals surface area contributed by atoms with Crippen molar-refractivity contribution < 1.29 is 27.7 Å². The molecule has 0 aromatic heterocycles. The van der Waals surface area contributed by atoms with Gasteiger partial charge in [-0.15, -0.1) is 0 Å². The Morgan fingerprint density at radius 2 is 1.57 bits per heavy atom. The van der Waals surface area contributed by atoms with E-state index in [-0.39, 0.29) is 13.0 Å². The summed E-state index contributed by atoms with van der Waals surface area (Å²) in [7, 11) is 4.21. The zero-order valence-electron chi connectivity index (χ0n) is 8.59. The van der Waals surface area contributed by atoms with Crippen LogP contribution in [-0.4, -0.2) is 46.9 Å². The van der Waals surface area contributed by atoms with Gasteiger partial charge in [0.25, 0.3) is 12.4 Å². The molecule has 0 amide bonds. The molecule has 0 aliphatic carbocycles. The molecule has 0 fully saturated rings. The summed E-state index contributed by atoms with van der Waals surface area (Å²) in [5, 5.41) is 0. The summed E-state index contributed by atoms with van der Waals surface area (Å²) in [6.07, 6.45) is -2.24. The van der Waals surface area contributed by atoms with Crippen LogP contribution >= 0.6 is 0 Å². The van der Waals surface area contributed by atoms with Crippen LogP contribution in [0.25, 0.3) is 0 Å². The zero-order chi connectivity index (χ0) is 11.0. The van der Waals surface area contributed by atoms with Crippen molar-refractivity contribution in [1.29, 1.82) is 0 Å². The second-order valence-corrected chi connectivity index (χ2v) is 2.51. The maximum Gasteiger partial charge on any atom is 0.284 e. The van der Waals surface area contributed by atoms with Crippen LogP contribution in [0.3, 0.4) is 0 Å². The van der Waals surface area contributed by atoms with Crippen LogP contribution in [0.15, 0.2) is 0 Å². The van der Waals surface area contributed by atoms with Gasteiger partial charge >= 0.3 is 0 Å². The lowest BCUT2D eigenvalue weighted by atomic mass is 10.4. The number of alkyl halides is 2. The fourth-order valence-electron chi connectivity index (χ4n) is 0.926. The van der Waals surface area contributed by atoms with E-state index in [1.165, 1.54) is 21.3 Å². The van der Waals surface area contributed by atoms with E-state index in [1.54, 1.807) is 0 Å². The molecule has 0 bridgehead atoms. The predicted molar refractivity (Wildman–Crippen MR) is 45.2 cm³/mol. The fraction of sp³-hybridized carbons (Fsp3) is 1.00. The van der Waals surface area contributed by atoms with Gasteiger partial charge in [-0.1, -0.05) is 0 Å². The van der Waals surface area contributed by atoms with Crippen LogP contribution in [0, 0.1) is 0 Å². The number of rotatable bonds is 8. The minimum absolute atomic E-state index is 0.0832. The van der Waals surface area contributed by atoms with Crippen LogP contribution in [-0.2, 0) is 18.9 Å². The van der Waals surface area contributed by atoms with Crippen molar-refractivity contribution in [3.8, 4) is 0 Å². The molecule has 86 valence electrons. The van der Waals surface area contributed by atoms with Crippen LogP contribution in [0.1, 0.15) is 6.42 Å². The molecule has 0 spiro atoms. The third-order valence-corrected chi connectivity index (χ3v) is 1.73. The summed E-state index contributed by atoms with van der Waals surface area (Å²) in [5.74, 6) is -1.21. The van der Waals surface area contributed by atoms with E-state index in [2.05, 4.69) is 4.74 Å². The van der Waals surface area contributed by atoms with Gasteiger partial charge in [-0.2, -0.15) is 0 Å². The first kappa shape index (κ1) is 13.7. The highest BCUT2D eigenvalue weighted by atomic mass is 19.3. The molecule has 0 radical (unpaired) electrons. The molecular weight excluding hydrogens is 198 g/mol. The average molecular weight is 214 g/mol. The van der Waals surface area contributed by atoms with Gasteiger partial charge in [0, 0.05) is 21.3 Å². The Bertz CT molecular complexity index is 131. The lowest BCUT2D eigenvalue weighted by Crippen LogP contribution is -2.37. The molecule has 0 saturated carbocycles. The van der Waals surface area contributed by atoms with Gasteiger partial charge < -0.3 is 18.9 Å². The van der Waals surface area contributed by atoms with Crippen molar-refractivity contribution >= 4 is 0 Å². The second-order valence-electron chi connectivity index (χ2n) is 2.51. The highest BCUT2D eigenvalue weighted by molar-refractivity contribution is 4.54. The predicted octanol–water partition coefficient (Wildman–Crippen LogP) is 1.25. The van der Waals surface area contributed by atoms with Gasteiger partial charge in [0.05, 0.1) is 13.0 Å². The minimum atomic E-state index is -2.46. The monoisotopic (exact) mass is 214 g/mol. The molecule has 0 aromatic rings. The maximum atomic E-state index is 11.7. The van der Waals surface area contributed by atoms with E-state index < -0.39 is 19.0 Å². The standard InChI is InChI=1S/C8H16F2O4/c1-11-8(12-2,13-3)4-5-14-6-7(9)10/h7H,4-6H2,1-3H3. The molecule has 0 rings (SSSR count). The Labute approximate surface area is 82.1 Å². The molecule has 0 atom stereocenters. The number of hydrogen-bond donors (Lipinski definition) is 0. The van der Waals surface area contributed by atoms with Crippen molar-refractivity contribution in [2.24, 2.45) is 0 Å².